The number of nitrogens with zero attached hydrogens (tertiary/aromatic N) is 1. The second-order valence-corrected chi connectivity index (χ2v) is 7.18. The molecule has 8 nitrogen and oxygen atoms in total. The Hall–Kier alpha value is -3.42. The van der Waals surface area contributed by atoms with Gasteiger partial charge in [0, 0.05) is 23.7 Å². The minimum absolute atomic E-state index is 0.101. The summed E-state index contributed by atoms with van der Waals surface area (Å²) in [7, 11) is 6.22. The summed E-state index contributed by atoms with van der Waals surface area (Å²) in [5.41, 5.74) is 1.24. The summed E-state index contributed by atoms with van der Waals surface area (Å²) in [6, 6.07) is 10.5. The molecule has 0 aliphatic heterocycles. The van der Waals surface area contributed by atoms with Gasteiger partial charge in [-0.25, -0.2) is 0 Å². The third-order valence-corrected chi connectivity index (χ3v) is 5.18. The fourth-order valence-corrected chi connectivity index (χ4v) is 3.33. The van der Waals surface area contributed by atoms with E-state index < -0.39 is 0 Å². The third-order valence-electron chi connectivity index (χ3n) is 5.18. The van der Waals surface area contributed by atoms with E-state index in [1.807, 2.05) is 18.2 Å². The number of amides is 2. The largest absolute Gasteiger partial charge is 0.497 e. The molecule has 0 unspecified atom stereocenters. The van der Waals surface area contributed by atoms with E-state index in [1.54, 1.807) is 37.3 Å². The van der Waals surface area contributed by atoms with Gasteiger partial charge in [-0.2, -0.15) is 0 Å². The van der Waals surface area contributed by atoms with Crippen molar-refractivity contribution < 1.29 is 28.5 Å². The number of rotatable bonds is 10. The van der Waals surface area contributed by atoms with Gasteiger partial charge < -0.3 is 29.2 Å². The number of methoxy groups -OCH3 is 4. The monoisotopic (exact) mass is 428 g/mol. The highest BCUT2D eigenvalue weighted by Crippen LogP contribution is 2.32. The summed E-state index contributed by atoms with van der Waals surface area (Å²) < 4.78 is 21.2. The van der Waals surface area contributed by atoms with Gasteiger partial charge in [0.05, 0.1) is 35.0 Å². The molecule has 3 rings (SSSR count). The first-order valence-electron chi connectivity index (χ1n) is 10.0. The van der Waals surface area contributed by atoms with E-state index in [0.717, 1.165) is 18.4 Å². The van der Waals surface area contributed by atoms with Crippen molar-refractivity contribution in [1.82, 2.24) is 10.2 Å². The molecule has 1 saturated carbocycles. The number of carbonyl (C=O) groups excluding carboxylic acids is 2. The van der Waals surface area contributed by atoms with Crippen LogP contribution in [0.3, 0.4) is 0 Å². The molecule has 0 radical (unpaired) electrons. The van der Waals surface area contributed by atoms with Crippen LogP contribution < -0.4 is 24.3 Å². The molecule has 2 amide bonds. The highest BCUT2D eigenvalue weighted by atomic mass is 16.5. The number of hydrogen-bond donors (Lipinski definition) is 1. The summed E-state index contributed by atoms with van der Waals surface area (Å²) in [6.07, 6.45) is 1.89. The average molecular weight is 428 g/mol. The summed E-state index contributed by atoms with van der Waals surface area (Å²) in [5, 5.41) is 2.71. The van der Waals surface area contributed by atoms with E-state index in [0.29, 0.717) is 35.1 Å². The molecule has 0 saturated heterocycles. The number of benzene rings is 2. The van der Waals surface area contributed by atoms with Crippen molar-refractivity contribution in [3.05, 3.63) is 47.5 Å². The molecule has 166 valence electrons. The van der Waals surface area contributed by atoms with Gasteiger partial charge in [-0.15, -0.1) is 0 Å². The molecule has 0 aromatic heterocycles. The van der Waals surface area contributed by atoms with Crippen LogP contribution in [0.15, 0.2) is 36.4 Å². The molecule has 1 aliphatic carbocycles. The lowest BCUT2D eigenvalue weighted by Crippen LogP contribution is -2.41. The van der Waals surface area contributed by atoms with Gasteiger partial charge in [0.1, 0.15) is 11.5 Å². The highest BCUT2D eigenvalue weighted by Gasteiger charge is 2.33. The van der Waals surface area contributed by atoms with Crippen molar-refractivity contribution in [2.75, 3.05) is 35.0 Å². The van der Waals surface area contributed by atoms with Crippen LogP contribution in [0.1, 0.15) is 28.8 Å². The van der Waals surface area contributed by atoms with Crippen molar-refractivity contribution in [1.29, 1.82) is 0 Å². The molecule has 0 atom stereocenters. The zero-order valence-electron chi connectivity index (χ0n) is 18.3. The van der Waals surface area contributed by atoms with Gasteiger partial charge in [-0.1, -0.05) is 0 Å². The van der Waals surface area contributed by atoms with E-state index in [2.05, 4.69) is 5.32 Å². The van der Waals surface area contributed by atoms with E-state index in [1.165, 1.54) is 14.2 Å². The highest BCUT2D eigenvalue weighted by molar-refractivity contribution is 5.97. The second kappa shape index (κ2) is 10.1. The molecule has 1 fully saturated rings. The minimum Gasteiger partial charge on any atom is -0.497 e. The van der Waals surface area contributed by atoms with Crippen LogP contribution in [-0.4, -0.2) is 57.7 Å². The fourth-order valence-electron chi connectivity index (χ4n) is 3.33. The lowest BCUT2D eigenvalue weighted by Gasteiger charge is -2.24. The maximum absolute atomic E-state index is 12.9. The first-order chi connectivity index (χ1) is 15.0. The Kier molecular flexibility index (Phi) is 7.23. The molecule has 1 aliphatic rings. The van der Waals surface area contributed by atoms with Crippen molar-refractivity contribution in [2.24, 2.45) is 0 Å². The van der Waals surface area contributed by atoms with Crippen LogP contribution >= 0.6 is 0 Å². The standard InChI is InChI=1S/C23H28N2O6/c1-28-18-8-10-19(29-2)16(11-18)14-25(17-6-7-17)22(26)13-24-23(27)15-5-9-20(30-3)21(12-15)31-4/h5,8-12,17H,6-7,13-14H2,1-4H3,(H,24,27). The second-order valence-electron chi connectivity index (χ2n) is 7.18. The van der Waals surface area contributed by atoms with Crippen molar-refractivity contribution in [3.63, 3.8) is 0 Å². The lowest BCUT2D eigenvalue weighted by atomic mass is 10.1. The lowest BCUT2D eigenvalue weighted by molar-refractivity contribution is -0.131. The molecule has 2 aromatic carbocycles. The van der Waals surface area contributed by atoms with Gasteiger partial charge in [0.15, 0.2) is 11.5 Å². The molecule has 1 N–H and O–H groups in total. The van der Waals surface area contributed by atoms with Crippen LogP contribution in [0, 0.1) is 0 Å². The van der Waals surface area contributed by atoms with Crippen LogP contribution in [0.2, 0.25) is 0 Å². The summed E-state index contributed by atoms with van der Waals surface area (Å²) >= 11 is 0. The first-order valence-corrected chi connectivity index (χ1v) is 10.0. The average Bonchev–Trinajstić information content (AvgIpc) is 3.65. The molecule has 0 spiro atoms. The van der Waals surface area contributed by atoms with Crippen LogP contribution in [-0.2, 0) is 11.3 Å². The van der Waals surface area contributed by atoms with Gasteiger partial charge >= 0.3 is 0 Å². The molecular formula is C23H28N2O6. The van der Waals surface area contributed by atoms with Crippen molar-refractivity contribution in [3.8, 4) is 23.0 Å². The smallest absolute Gasteiger partial charge is 0.251 e. The van der Waals surface area contributed by atoms with E-state index in [9.17, 15) is 9.59 Å². The zero-order chi connectivity index (χ0) is 22.4. The summed E-state index contributed by atoms with van der Waals surface area (Å²) in [6.45, 7) is 0.284. The summed E-state index contributed by atoms with van der Waals surface area (Å²) in [4.78, 5) is 27.3. The molecule has 0 heterocycles. The first kappa shape index (κ1) is 22.3. The Balaban J connectivity index is 1.67. The van der Waals surface area contributed by atoms with Gasteiger partial charge in [0.2, 0.25) is 5.91 Å². The Labute approximate surface area is 182 Å². The predicted molar refractivity (Wildman–Crippen MR) is 115 cm³/mol. The Morgan fingerprint density at radius 3 is 2.19 bits per heavy atom. The van der Waals surface area contributed by atoms with E-state index in [4.69, 9.17) is 18.9 Å². The van der Waals surface area contributed by atoms with Crippen LogP contribution in [0.25, 0.3) is 0 Å². The van der Waals surface area contributed by atoms with Crippen LogP contribution in [0.4, 0.5) is 0 Å². The zero-order valence-corrected chi connectivity index (χ0v) is 18.3. The Bertz CT molecular complexity index is 942. The number of hydrogen-bond acceptors (Lipinski definition) is 6. The molecule has 0 bridgehead atoms. The van der Waals surface area contributed by atoms with Gasteiger partial charge in [-0.05, 0) is 49.2 Å². The molecule has 8 heteroatoms. The molecule has 2 aromatic rings. The van der Waals surface area contributed by atoms with Gasteiger partial charge in [-0.3, -0.25) is 9.59 Å². The number of nitrogens with one attached hydrogen (secondary N) is 1. The maximum atomic E-state index is 12.9. The topological polar surface area (TPSA) is 86.3 Å². The summed E-state index contributed by atoms with van der Waals surface area (Å²) in [5.74, 6) is 1.85. The SMILES string of the molecule is COc1ccc(OC)c(CN(C(=O)CNC(=O)c2ccc(OC)c(OC)c2)C2CC2)c1. The van der Waals surface area contributed by atoms with Crippen LogP contribution in [0.5, 0.6) is 23.0 Å². The minimum atomic E-state index is -0.357. The Morgan fingerprint density at radius 2 is 1.58 bits per heavy atom. The van der Waals surface area contributed by atoms with Gasteiger partial charge in [0.25, 0.3) is 5.91 Å². The number of carbonyl (C=O) groups is 2. The third kappa shape index (κ3) is 5.39. The van der Waals surface area contributed by atoms with E-state index in [-0.39, 0.29) is 24.4 Å². The van der Waals surface area contributed by atoms with Crippen molar-refractivity contribution >= 4 is 11.8 Å². The fraction of sp³-hybridized carbons (Fsp3) is 0.391. The number of ether oxygens (including phenoxy) is 4. The van der Waals surface area contributed by atoms with E-state index >= 15 is 0 Å². The predicted octanol–water partition coefficient (Wildman–Crippen LogP) is 2.64. The molecular weight excluding hydrogens is 400 g/mol. The van der Waals surface area contributed by atoms with Crippen molar-refractivity contribution in [2.45, 2.75) is 25.4 Å². The normalized spacial score (nSPS) is 12.6. The maximum Gasteiger partial charge on any atom is 0.251 e. The Morgan fingerprint density at radius 1 is 0.903 bits per heavy atom. The quantitative estimate of drug-likeness (QED) is 0.626. The molecule has 31 heavy (non-hydrogen) atoms.